The number of hydrogen-bond acceptors (Lipinski definition) is 4. The summed E-state index contributed by atoms with van der Waals surface area (Å²) in [5.74, 6) is -5.89. The first-order chi connectivity index (χ1) is 12.8. The monoisotopic (exact) mass is 381 g/mol. The number of carbonyl (C=O) groups is 2. The molecule has 0 fully saturated rings. The Kier molecular flexibility index (Phi) is 6.81. The Morgan fingerprint density at radius 3 is 2.33 bits per heavy atom. The second-order valence-electron chi connectivity index (χ2n) is 5.63. The van der Waals surface area contributed by atoms with Gasteiger partial charge in [-0.3, -0.25) is 4.79 Å². The number of nitrogens with one attached hydrogen (secondary N) is 1. The molecule has 144 valence electrons. The summed E-state index contributed by atoms with van der Waals surface area (Å²) in [5.41, 5.74) is 0.550. The van der Waals surface area contributed by atoms with E-state index in [-0.39, 0.29) is 0 Å². The van der Waals surface area contributed by atoms with Crippen molar-refractivity contribution in [2.75, 3.05) is 11.9 Å². The van der Waals surface area contributed by atoms with E-state index in [0.717, 1.165) is 18.1 Å². The van der Waals surface area contributed by atoms with Crippen molar-refractivity contribution in [1.82, 2.24) is 0 Å². The summed E-state index contributed by atoms with van der Waals surface area (Å²) in [7, 11) is 0. The molecular formula is C19H18F3NO4. The second kappa shape index (κ2) is 9.07. The van der Waals surface area contributed by atoms with Gasteiger partial charge in [0.1, 0.15) is 5.75 Å². The standard InChI is InChI=1S/C19H18F3NO4/c1-3-12-4-6-13(7-5-12)26-10-16(24)27-11(2)19(25)23-15-9-8-14(20)17(21)18(15)22/h4-9,11H,3,10H2,1-2H3,(H,23,25)/t11-/m0/s1. The number of anilines is 1. The fourth-order valence-electron chi connectivity index (χ4n) is 2.11. The summed E-state index contributed by atoms with van der Waals surface area (Å²) < 4.78 is 49.7. The number of esters is 1. The molecule has 0 aliphatic rings. The minimum atomic E-state index is -1.71. The van der Waals surface area contributed by atoms with Crippen LogP contribution in [-0.4, -0.2) is 24.6 Å². The van der Waals surface area contributed by atoms with Crippen molar-refractivity contribution in [2.24, 2.45) is 0 Å². The van der Waals surface area contributed by atoms with E-state index in [9.17, 15) is 22.8 Å². The van der Waals surface area contributed by atoms with Crippen LogP contribution < -0.4 is 10.1 Å². The highest BCUT2D eigenvalue weighted by Gasteiger charge is 2.21. The van der Waals surface area contributed by atoms with Crippen molar-refractivity contribution < 1.29 is 32.2 Å². The predicted octanol–water partition coefficient (Wildman–Crippen LogP) is 3.62. The summed E-state index contributed by atoms with van der Waals surface area (Å²) in [5, 5.41) is 2.03. The third-order valence-electron chi connectivity index (χ3n) is 3.66. The van der Waals surface area contributed by atoms with E-state index in [1.54, 1.807) is 12.1 Å². The number of hydrogen-bond donors (Lipinski definition) is 1. The van der Waals surface area contributed by atoms with Gasteiger partial charge in [0.2, 0.25) is 0 Å². The Morgan fingerprint density at radius 1 is 1.04 bits per heavy atom. The van der Waals surface area contributed by atoms with E-state index in [1.165, 1.54) is 6.92 Å². The SMILES string of the molecule is CCc1ccc(OCC(=O)O[C@@H](C)C(=O)Nc2ccc(F)c(F)c2F)cc1. The number of halogens is 3. The quantitative estimate of drug-likeness (QED) is 0.588. The minimum absolute atomic E-state index is 0.428. The molecular weight excluding hydrogens is 363 g/mol. The van der Waals surface area contributed by atoms with Crippen molar-refractivity contribution in [3.63, 3.8) is 0 Å². The molecule has 0 heterocycles. The van der Waals surface area contributed by atoms with E-state index >= 15 is 0 Å². The van der Waals surface area contributed by atoms with Gasteiger partial charge in [-0.05, 0) is 43.2 Å². The highest BCUT2D eigenvalue weighted by Crippen LogP contribution is 2.20. The molecule has 0 saturated carbocycles. The van der Waals surface area contributed by atoms with Crippen LogP contribution in [0, 0.1) is 17.5 Å². The molecule has 0 bridgehead atoms. The zero-order valence-corrected chi connectivity index (χ0v) is 14.7. The minimum Gasteiger partial charge on any atom is -0.482 e. The van der Waals surface area contributed by atoms with E-state index in [1.807, 2.05) is 24.4 Å². The van der Waals surface area contributed by atoms with Crippen molar-refractivity contribution in [1.29, 1.82) is 0 Å². The number of benzene rings is 2. The molecule has 0 aromatic heterocycles. The summed E-state index contributed by atoms with van der Waals surface area (Å²) >= 11 is 0. The fraction of sp³-hybridized carbons (Fsp3) is 0.263. The smallest absolute Gasteiger partial charge is 0.344 e. The maximum absolute atomic E-state index is 13.6. The first kappa shape index (κ1) is 20.3. The van der Waals surface area contributed by atoms with Crippen LogP contribution in [0.4, 0.5) is 18.9 Å². The van der Waals surface area contributed by atoms with Crippen molar-refractivity contribution >= 4 is 17.6 Å². The normalized spacial score (nSPS) is 11.6. The van der Waals surface area contributed by atoms with Gasteiger partial charge < -0.3 is 14.8 Å². The Hall–Kier alpha value is -3.03. The van der Waals surface area contributed by atoms with E-state index in [0.29, 0.717) is 11.8 Å². The first-order valence-corrected chi connectivity index (χ1v) is 8.17. The lowest BCUT2D eigenvalue weighted by Gasteiger charge is -2.14. The lowest BCUT2D eigenvalue weighted by Crippen LogP contribution is -2.32. The molecule has 1 atom stereocenters. The molecule has 2 aromatic carbocycles. The molecule has 5 nitrogen and oxygen atoms in total. The number of ether oxygens (including phenoxy) is 2. The fourth-order valence-corrected chi connectivity index (χ4v) is 2.11. The first-order valence-electron chi connectivity index (χ1n) is 8.17. The Labute approximate surface area is 154 Å². The molecule has 1 N–H and O–H groups in total. The molecule has 8 heteroatoms. The van der Waals surface area contributed by atoms with Crippen LogP contribution in [0.1, 0.15) is 19.4 Å². The van der Waals surface area contributed by atoms with Crippen LogP contribution >= 0.6 is 0 Å². The third-order valence-corrected chi connectivity index (χ3v) is 3.66. The average Bonchev–Trinajstić information content (AvgIpc) is 2.67. The van der Waals surface area contributed by atoms with Gasteiger partial charge in [0, 0.05) is 0 Å². The lowest BCUT2D eigenvalue weighted by atomic mass is 10.2. The Morgan fingerprint density at radius 2 is 1.70 bits per heavy atom. The summed E-state index contributed by atoms with van der Waals surface area (Å²) in [4.78, 5) is 23.7. The highest BCUT2D eigenvalue weighted by atomic mass is 19.2. The summed E-state index contributed by atoms with van der Waals surface area (Å²) in [6, 6.07) is 8.65. The van der Waals surface area contributed by atoms with Gasteiger partial charge in [-0.25, -0.2) is 18.0 Å². The number of carbonyl (C=O) groups excluding carboxylic acids is 2. The average molecular weight is 381 g/mol. The number of rotatable bonds is 7. The van der Waals surface area contributed by atoms with Crippen LogP contribution in [0.2, 0.25) is 0 Å². The van der Waals surface area contributed by atoms with Crippen molar-refractivity contribution in [3.05, 3.63) is 59.4 Å². The van der Waals surface area contributed by atoms with Gasteiger partial charge in [-0.1, -0.05) is 19.1 Å². The summed E-state index contributed by atoms with van der Waals surface area (Å²) in [6.45, 7) is 2.83. The van der Waals surface area contributed by atoms with Crippen LogP contribution in [0.5, 0.6) is 5.75 Å². The molecule has 0 aliphatic heterocycles. The molecule has 0 unspecified atom stereocenters. The van der Waals surface area contributed by atoms with Crippen LogP contribution in [0.15, 0.2) is 36.4 Å². The summed E-state index contributed by atoms with van der Waals surface area (Å²) in [6.07, 6.45) is -0.427. The predicted molar refractivity (Wildman–Crippen MR) is 91.8 cm³/mol. The van der Waals surface area contributed by atoms with Gasteiger partial charge in [0.15, 0.2) is 30.2 Å². The molecule has 1 amide bonds. The number of amides is 1. The van der Waals surface area contributed by atoms with Gasteiger partial charge >= 0.3 is 5.97 Å². The van der Waals surface area contributed by atoms with E-state index in [2.05, 4.69) is 0 Å². The third kappa shape index (κ3) is 5.47. The van der Waals surface area contributed by atoms with E-state index < -0.39 is 47.7 Å². The van der Waals surface area contributed by atoms with Crippen molar-refractivity contribution in [2.45, 2.75) is 26.4 Å². The molecule has 27 heavy (non-hydrogen) atoms. The zero-order chi connectivity index (χ0) is 20.0. The molecule has 2 rings (SSSR count). The lowest BCUT2D eigenvalue weighted by molar-refractivity contribution is -0.155. The molecule has 0 spiro atoms. The topological polar surface area (TPSA) is 64.6 Å². The Balaban J connectivity index is 1.86. The molecule has 0 aliphatic carbocycles. The van der Waals surface area contributed by atoms with Crippen molar-refractivity contribution in [3.8, 4) is 5.75 Å². The molecule has 0 radical (unpaired) electrons. The highest BCUT2D eigenvalue weighted by molar-refractivity contribution is 5.95. The zero-order valence-electron chi connectivity index (χ0n) is 14.7. The van der Waals surface area contributed by atoms with Gasteiger partial charge in [-0.15, -0.1) is 0 Å². The van der Waals surface area contributed by atoms with Crippen LogP contribution in [0.3, 0.4) is 0 Å². The Bertz CT molecular complexity index is 824. The van der Waals surface area contributed by atoms with E-state index in [4.69, 9.17) is 9.47 Å². The van der Waals surface area contributed by atoms with Gasteiger partial charge in [-0.2, -0.15) is 0 Å². The molecule has 2 aromatic rings. The van der Waals surface area contributed by atoms with Crippen LogP contribution in [0.25, 0.3) is 0 Å². The maximum Gasteiger partial charge on any atom is 0.344 e. The van der Waals surface area contributed by atoms with Crippen LogP contribution in [-0.2, 0) is 20.7 Å². The van der Waals surface area contributed by atoms with Gasteiger partial charge in [0.05, 0.1) is 5.69 Å². The number of aryl methyl sites for hydroxylation is 1. The maximum atomic E-state index is 13.6. The van der Waals surface area contributed by atoms with Gasteiger partial charge in [0.25, 0.3) is 5.91 Å². The second-order valence-corrected chi connectivity index (χ2v) is 5.63. The largest absolute Gasteiger partial charge is 0.482 e. The molecule has 0 saturated heterocycles.